The van der Waals surface area contributed by atoms with Gasteiger partial charge in [0.2, 0.25) is 11.8 Å². The Bertz CT molecular complexity index is 1380. The number of nitrogens with zero attached hydrogens (tertiary/aromatic N) is 4. The first-order chi connectivity index (χ1) is 20.5. The summed E-state index contributed by atoms with van der Waals surface area (Å²) in [5.74, 6) is 0.324. The molecule has 0 radical (unpaired) electrons. The van der Waals surface area contributed by atoms with Crippen LogP contribution >= 0.6 is 0 Å². The van der Waals surface area contributed by atoms with Crippen LogP contribution in [-0.4, -0.2) is 88.5 Å². The molecule has 2 aromatic rings. The zero-order valence-electron chi connectivity index (χ0n) is 24.4. The number of hydrogen-bond donors (Lipinski definition) is 2. The lowest BCUT2D eigenvalue weighted by Crippen LogP contribution is -2.56. The van der Waals surface area contributed by atoms with Crippen molar-refractivity contribution < 1.29 is 14.4 Å². The molecule has 224 valence electrons. The van der Waals surface area contributed by atoms with Crippen LogP contribution in [0.5, 0.6) is 0 Å². The number of hydrogen-bond acceptors (Lipinski definition) is 5. The molecule has 9 nitrogen and oxygen atoms in total. The first-order valence-corrected chi connectivity index (χ1v) is 16.4. The van der Waals surface area contributed by atoms with E-state index in [1.54, 1.807) is 4.90 Å². The van der Waals surface area contributed by atoms with Crippen LogP contribution in [-0.2, 0) is 9.59 Å². The number of piperidine rings is 1. The summed E-state index contributed by atoms with van der Waals surface area (Å²) in [6.45, 7) is 5.07. The second-order valence-corrected chi connectivity index (χ2v) is 14.0. The van der Waals surface area contributed by atoms with Crippen LogP contribution in [0.4, 0.5) is 4.79 Å². The Hall–Kier alpha value is -2.91. The Labute approximate surface area is 247 Å². The van der Waals surface area contributed by atoms with E-state index < -0.39 is 0 Å². The van der Waals surface area contributed by atoms with Gasteiger partial charge >= 0.3 is 6.03 Å². The predicted molar refractivity (Wildman–Crippen MR) is 159 cm³/mol. The molecule has 1 aromatic heterocycles. The maximum atomic E-state index is 13.9. The number of benzene rings is 1. The first kappa shape index (κ1) is 26.7. The minimum absolute atomic E-state index is 0.000663. The van der Waals surface area contributed by atoms with E-state index in [9.17, 15) is 14.4 Å². The highest BCUT2D eigenvalue weighted by Crippen LogP contribution is 2.57. The van der Waals surface area contributed by atoms with Crippen LogP contribution in [0.2, 0.25) is 0 Å². The molecule has 3 saturated carbocycles. The number of carbonyl (C=O) groups is 3. The Balaban J connectivity index is 0.920. The maximum Gasteiger partial charge on any atom is 0.317 e. The highest BCUT2D eigenvalue weighted by atomic mass is 16.2. The number of rotatable bonds is 6. The van der Waals surface area contributed by atoms with E-state index in [4.69, 9.17) is 5.73 Å². The summed E-state index contributed by atoms with van der Waals surface area (Å²) in [5.41, 5.74) is 8.01. The van der Waals surface area contributed by atoms with Crippen molar-refractivity contribution in [1.82, 2.24) is 24.6 Å². The molecule has 2 bridgehead atoms. The fourth-order valence-corrected chi connectivity index (χ4v) is 10.1. The molecule has 8 unspecified atom stereocenters. The highest BCUT2D eigenvalue weighted by molar-refractivity contribution is 6.06. The molecule has 42 heavy (non-hydrogen) atoms. The number of aromatic nitrogens is 1. The number of likely N-dealkylation sites (tertiary alicyclic amines) is 2. The van der Waals surface area contributed by atoms with Gasteiger partial charge in [-0.2, -0.15) is 0 Å². The SMILES string of the molecule is NC1C2CC(C3C(=O)N(CC4CCCCC4CN4CCC(n5ccc6ccccc65)CC4)C(=O)C23)C1N1CCNC1=O. The molecule has 3 aliphatic carbocycles. The van der Waals surface area contributed by atoms with Crippen molar-refractivity contribution in [3.05, 3.63) is 36.5 Å². The number of carbonyl (C=O) groups excluding carboxylic acids is 3. The summed E-state index contributed by atoms with van der Waals surface area (Å²) in [4.78, 5) is 46.2. The van der Waals surface area contributed by atoms with Gasteiger partial charge in [-0.1, -0.05) is 31.0 Å². The largest absolute Gasteiger partial charge is 0.344 e. The van der Waals surface area contributed by atoms with Gasteiger partial charge in [-0.25, -0.2) is 4.79 Å². The van der Waals surface area contributed by atoms with Crippen molar-refractivity contribution >= 4 is 28.7 Å². The number of imide groups is 1. The van der Waals surface area contributed by atoms with E-state index >= 15 is 0 Å². The van der Waals surface area contributed by atoms with E-state index in [-0.39, 0.29) is 53.6 Å². The molecule has 4 amide bonds. The van der Waals surface area contributed by atoms with Gasteiger partial charge in [-0.3, -0.25) is 14.5 Å². The maximum absolute atomic E-state index is 13.9. The molecule has 8 atom stereocenters. The molecular weight excluding hydrogens is 528 g/mol. The van der Waals surface area contributed by atoms with Gasteiger partial charge in [0, 0.05) is 63.1 Å². The molecular formula is C33H44N6O3. The first-order valence-electron chi connectivity index (χ1n) is 16.4. The van der Waals surface area contributed by atoms with Gasteiger partial charge in [-0.15, -0.1) is 0 Å². The zero-order chi connectivity index (χ0) is 28.5. The van der Waals surface area contributed by atoms with Crippen molar-refractivity contribution in [2.75, 3.05) is 39.3 Å². The molecule has 3 N–H and O–H groups in total. The van der Waals surface area contributed by atoms with Gasteiger partial charge in [0.15, 0.2) is 0 Å². The Kier molecular flexibility index (Phi) is 6.59. The second kappa shape index (κ2) is 10.4. The monoisotopic (exact) mass is 572 g/mol. The van der Waals surface area contributed by atoms with E-state index in [2.05, 4.69) is 51.3 Å². The number of nitrogens with one attached hydrogen (secondary N) is 1. The molecule has 6 aliphatic rings. The molecule has 4 heterocycles. The van der Waals surface area contributed by atoms with Gasteiger partial charge in [-0.05, 0) is 73.3 Å². The van der Waals surface area contributed by atoms with Crippen LogP contribution in [0.1, 0.15) is 51.0 Å². The Morgan fingerprint density at radius 2 is 1.55 bits per heavy atom. The zero-order valence-corrected chi connectivity index (χ0v) is 24.4. The topological polar surface area (TPSA) is 104 Å². The summed E-state index contributed by atoms with van der Waals surface area (Å²) in [7, 11) is 0. The molecule has 6 fully saturated rings. The number of urea groups is 1. The van der Waals surface area contributed by atoms with Crippen molar-refractivity contribution in [2.24, 2.45) is 41.2 Å². The molecule has 8 rings (SSSR count). The Morgan fingerprint density at radius 3 is 2.29 bits per heavy atom. The predicted octanol–water partition coefficient (Wildman–Crippen LogP) is 3.06. The molecule has 3 saturated heterocycles. The summed E-state index contributed by atoms with van der Waals surface area (Å²) < 4.78 is 2.47. The van der Waals surface area contributed by atoms with Crippen molar-refractivity contribution in [3.8, 4) is 0 Å². The smallest absolute Gasteiger partial charge is 0.317 e. The minimum atomic E-state index is -0.300. The summed E-state index contributed by atoms with van der Waals surface area (Å²) in [5, 5.41) is 4.20. The normalized spacial score (nSPS) is 37.3. The standard InChI is InChI=1S/C33H44N6O3/c34-29-24-17-25(30(29)38-16-12-35-33(38)42)28-27(24)31(40)39(32(28)41)19-22-7-2-1-6-21(22)18-36-13-10-23(11-14-36)37-15-9-20-5-3-4-8-26(20)37/h3-5,8-9,15,21-25,27-30H,1-2,6-7,10-14,16-19,34H2,(H,35,42). The average Bonchev–Trinajstić information content (AvgIpc) is 3.81. The van der Waals surface area contributed by atoms with Crippen LogP contribution in [0.15, 0.2) is 36.5 Å². The van der Waals surface area contributed by atoms with Gasteiger partial charge in [0.05, 0.1) is 17.9 Å². The average molecular weight is 573 g/mol. The number of amides is 4. The van der Waals surface area contributed by atoms with Crippen molar-refractivity contribution in [3.63, 3.8) is 0 Å². The third kappa shape index (κ3) is 4.13. The van der Waals surface area contributed by atoms with Crippen molar-refractivity contribution in [1.29, 1.82) is 0 Å². The van der Waals surface area contributed by atoms with Crippen LogP contribution in [0, 0.1) is 35.5 Å². The minimum Gasteiger partial charge on any atom is -0.344 e. The third-order valence-corrected chi connectivity index (χ3v) is 12.1. The lowest BCUT2D eigenvalue weighted by atomic mass is 9.75. The van der Waals surface area contributed by atoms with Crippen LogP contribution < -0.4 is 11.1 Å². The van der Waals surface area contributed by atoms with E-state index in [0.29, 0.717) is 37.5 Å². The summed E-state index contributed by atoms with van der Waals surface area (Å²) in [6, 6.07) is 11.0. The fourth-order valence-electron chi connectivity index (χ4n) is 10.1. The Morgan fingerprint density at radius 1 is 0.833 bits per heavy atom. The van der Waals surface area contributed by atoms with Crippen LogP contribution in [0.25, 0.3) is 10.9 Å². The molecule has 1 aromatic carbocycles. The summed E-state index contributed by atoms with van der Waals surface area (Å²) in [6.07, 6.45) is 10.0. The highest BCUT2D eigenvalue weighted by Gasteiger charge is 2.68. The summed E-state index contributed by atoms with van der Waals surface area (Å²) >= 11 is 0. The molecule has 3 aliphatic heterocycles. The van der Waals surface area contributed by atoms with Gasteiger partial charge in [0.25, 0.3) is 0 Å². The number of nitrogens with two attached hydrogens (primary N) is 1. The molecule has 9 heteroatoms. The fraction of sp³-hybridized carbons (Fsp3) is 0.667. The van der Waals surface area contributed by atoms with E-state index in [1.807, 2.05) is 4.90 Å². The third-order valence-electron chi connectivity index (χ3n) is 12.1. The van der Waals surface area contributed by atoms with Crippen molar-refractivity contribution in [2.45, 2.75) is 63.1 Å². The van der Waals surface area contributed by atoms with Crippen LogP contribution in [0.3, 0.4) is 0 Å². The quantitative estimate of drug-likeness (QED) is 0.518. The number of fused-ring (bicyclic) bond motifs is 6. The van der Waals surface area contributed by atoms with Gasteiger partial charge < -0.3 is 25.4 Å². The van der Waals surface area contributed by atoms with Gasteiger partial charge in [0.1, 0.15) is 0 Å². The lowest BCUT2D eigenvalue weighted by molar-refractivity contribution is -0.142. The lowest BCUT2D eigenvalue weighted by Gasteiger charge is -2.40. The van der Waals surface area contributed by atoms with E-state index in [0.717, 1.165) is 45.3 Å². The van der Waals surface area contributed by atoms with E-state index in [1.165, 1.54) is 30.2 Å². The molecule has 0 spiro atoms. The second-order valence-electron chi connectivity index (χ2n) is 14.0. The number of para-hydroxylation sites is 1.